The Hall–Kier alpha value is -1.69. The number of aliphatic hydroxyl groups excluding tert-OH is 1. The molecule has 1 atom stereocenters. The molecule has 2 rings (SSSR count). The van der Waals surface area contributed by atoms with Gasteiger partial charge in [0.05, 0.1) is 24.0 Å². The maximum atomic E-state index is 11.6. The van der Waals surface area contributed by atoms with Gasteiger partial charge in [0.15, 0.2) is 0 Å². The van der Waals surface area contributed by atoms with Gasteiger partial charge in [0, 0.05) is 19.3 Å². The Bertz CT molecular complexity index is 450. The van der Waals surface area contributed by atoms with Crippen molar-refractivity contribution in [3.05, 3.63) is 17.5 Å². The molecular weight excluding hydrogens is 234 g/mol. The first-order valence-electron chi connectivity index (χ1n) is 6.05. The third-order valence-corrected chi connectivity index (χ3v) is 2.91. The van der Waals surface area contributed by atoms with E-state index in [9.17, 15) is 9.90 Å². The highest BCUT2D eigenvalue weighted by Crippen LogP contribution is 2.17. The van der Waals surface area contributed by atoms with Crippen molar-refractivity contribution < 1.29 is 14.6 Å². The van der Waals surface area contributed by atoms with Crippen LogP contribution in [0.4, 0.5) is 5.95 Å². The standard InChI is InChI=1S/C12H17N3O3/c1-3-18-11(17)10-6-13-12(14-8(10)2)15-5-4-9(16)7-15/h6,9,16H,3-5,7H2,1-2H3. The first-order chi connectivity index (χ1) is 8.61. The lowest BCUT2D eigenvalue weighted by Gasteiger charge is -2.16. The zero-order valence-electron chi connectivity index (χ0n) is 10.6. The van der Waals surface area contributed by atoms with E-state index in [0.717, 1.165) is 13.0 Å². The van der Waals surface area contributed by atoms with E-state index in [1.165, 1.54) is 6.20 Å². The van der Waals surface area contributed by atoms with E-state index < -0.39 is 5.97 Å². The minimum absolute atomic E-state index is 0.321. The molecule has 0 bridgehead atoms. The molecule has 6 nitrogen and oxygen atoms in total. The summed E-state index contributed by atoms with van der Waals surface area (Å²) in [4.78, 5) is 22.0. The number of rotatable bonds is 3. The van der Waals surface area contributed by atoms with Gasteiger partial charge >= 0.3 is 5.97 Å². The predicted molar refractivity (Wildman–Crippen MR) is 65.6 cm³/mol. The van der Waals surface area contributed by atoms with Crippen LogP contribution in [-0.4, -0.2) is 46.8 Å². The normalized spacial score (nSPS) is 19.1. The molecule has 18 heavy (non-hydrogen) atoms. The van der Waals surface area contributed by atoms with Gasteiger partial charge in [-0.3, -0.25) is 0 Å². The number of hydrogen-bond acceptors (Lipinski definition) is 6. The highest BCUT2D eigenvalue weighted by atomic mass is 16.5. The lowest BCUT2D eigenvalue weighted by atomic mass is 10.2. The van der Waals surface area contributed by atoms with E-state index in [0.29, 0.717) is 30.4 Å². The van der Waals surface area contributed by atoms with Crippen LogP contribution in [0.2, 0.25) is 0 Å². The van der Waals surface area contributed by atoms with Crippen molar-refractivity contribution in [2.24, 2.45) is 0 Å². The van der Waals surface area contributed by atoms with Crippen LogP contribution in [0.5, 0.6) is 0 Å². The second kappa shape index (κ2) is 5.30. The van der Waals surface area contributed by atoms with Crippen molar-refractivity contribution in [3.63, 3.8) is 0 Å². The molecule has 1 aliphatic heterocycles. The molecule has 1 fully saturated rings. The quantitative estimate of drug-likeness (QED) is 0.790. The summed E-state index contributed by atoms with van der Waals surface area (Å²) in [5.41, 5.74) is 0.986. The Morgan fingerprint density at radius 3 is 3.00 bits per heavy atom. The molecule has 2 heterocycles. The van der Waals surface area contributed by atoms with Gasteiger partial charge in [-0.2, -0.15) is 0 Å². The van der Waals surface area contributed by atoms with Crippen molar-refractivity contribution in [2.45, 2.75) is 26.4 Å². The molecule has 1 unspecified atom stereocenters. The number of esters is 1. The van der Waals surface area contributed by atoms with Crippen LogP contribution in [0, 0.1) is 6.92 Å². The van der Waals surface area contributed by atoms with Crippen LogP contribution < -0.4 is 4.90 Å². The third kappa shape index (κ3) is 2.59. The first-order valence-corrected chi connectivity index (χ1v) is 6.05. The summed E-state index contributed by atoms with van der Waals surface area (Å²) in [6, 6.07) is 0. The summed E-state index contributed by atoms with van der Waals surface area (Å²) < 4.78 is 4.92. The summed E-state index contributed by atoms with van der Waals surface area (Å²) in [7, 11) is 0. The molecule has 1 aromatic rings. The average molecular weight is 251 g/mol. The van der Waals surface area contributed by atoms with Crippen molar-refractivity contribution >= 4 is 11.9 Å². The van der Waals surface area contributed by atoms with Gasteiger partial charge in [-0.05, 0) is 20.3 Å². The zero-order valence-corrected chi connectivity index (χ0v) is 10.6. The molecule has 1 aromatic heterocycles. The van der Waals surface area contributed by atoms with E-state index >= 15 is 0 Å². The van der Waals surface area contributed by atoms with Gasteiger partial charge < -0.3 is 14.7 Å². The number of ether oxygens (including phenoxy) is 1. The summed E-state index contributed by atoms with van der Waals surface area (Å²) in [5.74, 6) is 0.153. The molecule has 98 valence electrons. The molecule has 1 saturated heterocycles. The fourth-order valence-corrected chi connectivity index (χ4v) is 1.94. The number of β-amino-alcohol motifs (C(OH)–C–C–N with tert-alkyl or cyclic N) is 1. The summed E-state index contributed by atoms with van der Waals surface area (Å²) in [5, 5.41) is 9.47. The van der Waals surface area contributed by atoms with Crippen LogP contribution >= 0.6 is 0 Å². The van der Waals surface area contributed by atoms with Crippen molar-refractivity contribution in [1.82, 2.24) is 9.97 Å². The van der Waals surface area contributed by atoms with E-state index in [1.807, 2.05) is 4.90 Å². The molecule has 0 aliphatic carbocycles. The molecule has 0 radical (unpaired) electrons. The lowest BCUT2D eigenvalue weighted by Crippen LogP contribution is -2.24. The molecule has 1 N–H and O–H groups in total. The number of anilines is 1. The van der Waals surface area contributed by atoms with Crippen LogP contribution in [0.3, 0.4) is 0 Å². The first kappa shape index (κ1) is 12.8. The summed E-state index contributed by atoms with van der Waals surface area (Å²) >= 11 is 0. The van der Waals surface area contributed by atoms with Gasteiger partial charge in [-0.25, -0.2) is 14.8 Å². The number of aliphatic hydroxyl groups is 1. The second-order valence-corrected chi connectivity index (χ2v) is 4.28. The largest absolute Gasteiger partial charge is 0.462 e. The predicted octanol–water partition coefficient (Wildman–Crippen LogP) is 0.533. The maximum absolute atomic E-state index is 11.6. The summed E-state index contributed by atoms with van der Waals surface area (Å²) in [6.45, 7) is 5.12. The van der Waals surface area contributed by atoms with E-state index in [-0.39, 0.29) is 6.10 Å². The second-order valence-electron chi connectivity index (χ2n) is 4.28. The van der Waals surface area contributed by atoms with Gasteiger partial charge in [0.2, 0.25) is 5.95 Å². The Morgan fingerprint density at radius 1 is 1.67 bits per heavy atom. The van der Waals surface area contributed by atoms with Crippen LogP contribution in [-0.2, 0) is 4.74 Å². The molecule has 0 spiro atoms. The maximum Gasteiger partial charge on any atom is 0.341 e. The Balaban J connectivity index is 2.17. The SMILES string of the molecule is CCOC(=O)c1cnc(N2CCC(O)C2)nc1C. The van der Waals surface area contributed by atoms with Crippen LogP contribution in [0.1, 0.15) is 29.4 Å². The number of aryl methyl sites for hydroxylation is 1. The molecule has 1 aliphatic rings. The van der Waals surface area contributed by atoms with Crippen molar-refractivity contribution in [3.8, 4) is 0 Å². The molecule has 0 aromatic carbocycles. The van der Waals surface area contributed by atoms with Crippen molar-refractivity contribution in [1.29, 1.82) is 0 Å². The highest BCUT2D eigenvalue weighted by Gasteiger charge is 2.23. The highest BCUT2D eigenvalue weighted by molar-refractivity contribution is 5.90. The Kier molecular flexibility index (Phi) is 3.76. The van der Waals surface area contributed by atoms with E-state index in [4.69, 9.17) is 4.74 Å². The van der Waals surface area contributed by atoms with Gasteiger partial charge in [0.25, 0.3) is 0 Å². The van der Waals surface area contributed by atoms with Crippen LogP contribution in [0.25, 0.3) is 0 Å². The molecule has 6 heteroatoms. The van der Waals surface area contributed by atoms with Gasteiger partial charge in [-0.1, -0.05) is 0 Å². The van der Waals surface area contributed by atoms with Gasteiger partial charge in [-0.15, -0.1) is 0 Å². The minimum atomic E-state index is -0.400. The van der Waals surface area contributed by atoms with Crippen molar-refractivity contribution in [2.75, 3.05) is 24.6 Å². The molecule has 0 saturated carbocycles. The lowest BCUT2D eigenvalue weighted by molar-refractivity contribution is 0.0524. The topological polar surface area (TPSA) is 75.5 Å². The Morgan fingerprint density at radius 2 is 2.44 bits per heavy atom. The van der Waals surface area contributed by atoms with Crippen LogP contribution in [0.15, 0.2) is 6.20 Å². The number of nitrogens with zero attached hydrogens (tertiary/aromatic N) is 3. The van der Waals surface area contributed by atoms with E-state index in [2.05, 4.69) is 9.97 Å². The molecule has 0 amide bonds. The fraction of sp³-hybridized carbons (Fsp3) is 0.583. The number of carbonyl (C=O) groups is 1. The van der Waals surface area contributed by atoms with Gasteiger partial charge in [0.1, 0.15) is 0 Å². The summed E-state index contributed by atoms with van der Waals surface area (Å²) in [6.07, 6.45) is 1.89. The average Bonchev–Trinajstić information content (AvgIpc) is 2.76. The minimum Gasteiger partial charge on any atom is -0.462 e. The number of carbonyl (C=O) groups excluding carboxylic acids is 1. The third-order valence-electron chi connectivity index (χ3n) is 2.91. The fourth-order valence-electron chi connectivity index (χ4n) is 1.94. The Labute approximate surface area is 106 Å². The van der Waals surface area contributed by atoms with E-state index in [1.54, 1.807) is 13.8 Å². The number of aromatic nitrogens is 2. The molecular formula is C12H17N3O3. The zero-order chi connectivity index (χ0) is 13.1. The number of hydrogen-bond donors (Lipinski definition) is 1. The smallest absolute Gasteiger partial charge is 0.341 e. The monoisotopic (exact) mass is 251 g/mol.